The lowest BCUT2D eigenvalue weighted by atomic mass is 9.90. The van der Waals surface area contributed by atoms with E-state index in [0.717, 1.165) is 73.2 Å². The lowest BCUT2D eigenvalue weighted by molar-refractivity contribution is -0.164. The number of halogens is 16. The number of nitrogens with zero attached hydrogens (tertiary/aromatic N) is 8. The first-order valence-electron chi connectivity index (χ1n) is 39.6. The topological polar surface area (TPSA) is 341 Å². The fourth-order valence-electron chi connectivity index (χ4n) is 13.8. The van der Waals surface area contributed by atoms with Gasteiger partial charge in [0.05, 0.1) is 74.3 Å². The molecule has 4 aliphatic rings. The summed E-state index contributed by atoms with van der Waals surface area (Å²) in [7, 11) is -3.80. The van der Waals surface area contributed by atoms with Crippen molar-refractivity contribution in [2.75, 3.05) is 60.3 Å². The number of alkyl halides is 10. The van der Waals surface area contributed by atoms with Crippen LogP contribution in [0.1, 0.15) is 168 Å². The molecular formula is C86H88F16N16O11S. The molecule has 27 nitrogen and oxygen atoms in total. The molecule has 0 aliphatic carbocycles. The van der Waals surface area contributed by atoms with Crippen molar-refractivity contribution < 1.29 is 122 Å². The summed E-state index contributed by atoms with van der Waals surface area (Å²) < 4.78 is 265. The van der Waals surface area contributed by atoms with Crippen LogP contribution in [0.2, 0.25) is 0 Å². The van der Waals surface area contributed by atoms with Crippen molar-refractivity contribution in [3.05, 3.63) is 235 Å². The van der Waals surface area contributed by atoms with Gasteiger partial charge in [-0.2, -0.15) is 35.1 Å². The molecule has 2 saturated heterocycles. The summed E-state index contributed by atoms with van der Waals surface area (Å²) in [6.07, 6.45) is 2.15. The molecule has 4 unspecified atom stereocenters. The van der Waals surface area contributed by atoms with Crippen molar-refractivity contribution in [3.8, 4) is 0 Å². The maximum atomic E-state index is 15.1. The third-order valence-corrected chi connectivity index (χ3v) is 21.1. The zero-order chi connectivity index (χ0) is 96.8. The van der Waals surface area contributed by atoms with E-state index in [1.54, 1.807) is 41.5 Å². The van der Waals surface area contributed by atoms with Crippen LogP contribution in [0.4, 0.5) is 104 Å². The number of fused-ring (bicyclic) bond motifs is 2. The molecule has 6 heterocycles. The van der Waals surface area contributed by atoms with Gasteiger partial charge in [-0.1, -0.05) is 0 Å². The molecule has 9 N–H and O–H groups in total. The van der Waals surface area contributed by atoms with E-state index in [4.69, 9.17) is 23.6 Å². The SMILES string of the molecule is Cc1cc(NC(=O)c2ccc(F)c(C(F)(F)C(=O)N3CCC(N)C(C)(F)C3)c2)ccc1F.Cc1cc(NC(=O)c2ccc(F)c(C(F)(F)C(=O)N3CCC(NS(C)(=O)=O)C(C)(F)C3)c2)ccc1F.[C-]#[N+]c1cc(NC(=O)c2nc(C(F)(F)C(=O)NC(C)(C)C)n3c2CCCC3)ccc1F.[C-]#[N+]c1cc(NC(=O)c2nc(C(F)(F)C(=O)NC(C)(C)C)n3c2COCC3)ccc1F. The van der Waals surface area contributed by atoms with E-state index in [-0.39, 0.29) is 114 Å². The number of sulfonamides is 1. The second-order valence-corrected chi connectivity index (χ2v) is 35.1. The van der Waals surface area contributed by atoms with Crippen LogP contribution in [-0.2, 0) is 83.7 Å². The average molecular weight is 1860 g/mol. The molecule has 0 saturated carbocycles. The minimum Gasteiger partial charge on any atom is -0.373 e. The predicted molar refractivity (Wildman–Crippen MR) is 442 cm³/mol. The van der Waals surface area contributed by atoms with Crippen molar-refractivity contribution in [2.45, 2.75) is 179 Å². The zero-order valence-electron chi connectivity index (χ0n) is 71.3. The summed E-state index contributed by atoms with van der Waals surface area (Å²) in [6.45, 7) is 26.4. The highest BCUT2D eigenvalue weighted by atomic mass is 32.2. The van der Waals surface area contributed by atoms with Crippen LogP contribution in [-0.4, -0.2) is 158 Å². The number of carbonyl (C=O) groups is 8. The molecule has 4 atom stereocenters. The van der Waals surface area contributed by atoms with Gasteiger partial charge in [-0.05, 0) is 222 Å². The monoisotopic (exact) mass is 1860 g/mol. The van der Waals surface area contributed by atoms with E-state index in [2.05, 4.69) is 56.3 Å². The molecule has 44 heteroatoms. The van der Waals surface area contributed by atoms with Crippen LogP contribution < -0.4 is 42.4 Å². The maximum absolute atomic E-state index is 15.1. The van der Waals surface area contributed by atoms with E-state index < -0.39 is 198 Å². The summed E-state index contributed by atoms with van der Waals surface area (Å²) >= 11 is 0. The van der Waals surface area contributed by atoms with Gasteiger partial charge in [0.2, 0.25) is 21.4 Å². The van der Waals surface area contributed by atoms with Crippen molar-refractivity contribution >= 4 is 91.4 Å². The molecule has 6 aromatic carbocycles. The Morgan fingerprint density at radius 2 is 0.869 bits per heavy atom. The summed E-state index contributed by atoms with van der Waals surface area (Å²) in [5.74, 6) is -33.8. The fraction of sp³-hybridized carbons (Fsp3) is 0.395. The largest absolute Gasteiger partial charge is 0.381 e. The van der Waals surface area contributed by atoms with Crippen molar-refractivity contribution in [1.82, 2.24) is 44.3 Å². The smallest absolute Gasteiger partial charge is 0.373 e. The second kappa shape index (κ2) is 39.2. The van der Waals surface area contributed by atoms with Gasteiger partial charge in [0.1, 0.15) is 51.9 Å². The highest BCUT2D eigenvalue weighted by molar-refractivity contribution is 7.88. The summed E-state index contributed by atoms with van der Waals surface area (Å²) in [4.78, 5) is 115. The number of piperidine rings is 2. The normalized spacial score (nSPS) is 17.6. The number of rotatable bonds is 18. The highest BCUT2D eigenvalue weighted by Crippen LogP contribution is 2.41. The predicted octanol–water partition coefficient (Wildman–Crippen LogP) is 14.9. The molecule has 8 aromatic rings. The van der Waals surface area contributed by atoms with Crippen LogP contribution in [0.15, 0.2) is 109 Å². The van der Waals surface area contributed by atoms with Gasteiger partial charge in [0.25, 0.3) is 47.3 Å². The lowest BCUT2D eigenvalue weighted by Gasteiger charge is -2.42. The van der Waals surface area contributed by atoms with Crippen molar-refractivity contribution in [1.29, 1.82) is 0 Å². The number of ether oxygens (including phenoxy) is 1. The molecule has 0 bridgehead atoms. The van der Waals surface area contributed by atoms with Gasteiger partial charge >= 0.3 is 23.7 Å². The van der Waals surface area contributed by atoms with E-state index in [0.29, 0.717) is 59.0 Å². The molecule has 0 spiro atoms. The van der Waals surface area contributed by atoms with Crippen molar-refractivity contribution in [3.63, 3.8) is 0 Å². The number of aryl methyl sites for hydroxylation is 2. The first-order valence-corrected chi connectivity index (χ1v) is 41.5. The van der Waals surface area contributed by atoms with Gasteiger partial charge in [0, 0.05) is 77.2 Å². The average Bonchev–Trinajstić information content (AvgIpc) is 1.65. The van der Waals surface area contributed by atoms with Crippen molar-refractivity contribution in [2.24, 2.45) is 5.73 Å². The summed E-state index contributed by atoms with van der Waals surface area (Å²) in [5.41, 5.74) is -3.68. The first kappa shape index (κ1) is 101. The van der Waals surface area contributed by atoms with Gasteiger partial charge in [-0.15, -0.1) is 0 Å². The van der Waals surface area contributed by atoms with Crippen LogP contribution in [0, 0.1) is 61.9 Å². The van der Waals surface area contributed by atoms with Crippen LogP contribution in [0.25, 0.3) is 9.69 Å². The number of anilines is 4. The Hall–Kier alpha value is -12.8. The Balaban J connectivity index is 0.000000196. The maximum Gasteiger partial charge on any atom is 0.381 e. The number of likely N-dealkylation sites (tertiary alicyclic amines) is 2. The lowest BCUT2D eigenvalue weighted by Crippen LogP contribution is -2.61. The second-order valence-electron chi connectivity index (χ2n) is 33.3. The Morgan fingerprint density at radius 3 is 1.26 bits per heavy atom. The van der Waals surface area contributed by atoms with Gasteiger partial charge < -0.3 is 61.3 Å². The van der Waals surface area contributed by atoms with E-state index in [9.17, 15) is 95.1 Å². The number of benzene rings is 6. The minimum absolute atomic E-state index is 0.0121. The molecule has 130 heavy (non-hydrogen) atoms. The number of nitrogens with one attached hydrogen (secondary N) is 7. The quantitative estimate of drug-likeness (QED) is 0.0292. The van der Waals surface area contributed by atoms with E-state index in [1.807, 2.05) is 0 Å². The Morgan fingerprint density at radius 1 is 0.492 bits per heavy atom. The van der Waals surface area contributed by atoms with E-state index >= 15 is 22.0 Å². The minimum atomic E-state index is -4.46. The molecule has 4 aliphatic heterocycles. The molecule has 696 valence electrons. The molecule has 0 radical (unpaired) electrons. The van der Waals surface area contributed by atoms with E-state index in [1.165, 1.54) is 54.8 Å². The Bertz CT molecular complexity index is 5770. The number of imidazole rings is 2. The van der Waals surface area contributed by atoms with Crippen LogP contribution >= 0.6 is 0 Å². The summed E-state index contributed by atoms with van der Waals surface area (Å²) in [6, 6.07) is 16.3. The number of amides is 8. The van der Waals surface area contributed by atoms with Gasteiger partial charge in [-0.25, -0.2) is 67.9 Å². The summed E-state index contributed by atoms with van der Waals surface area (Å²) in [5, 5.41) is 14.1. The number of aromatic nitrogens is 4. The van der Waals surface area contributed by atoms with Gasteiger partial charge in [-0.3, -0.25) is 38.4 Å². The molecular weight excluding hydrogens is 1770 g/mol. The third kappa shape index (κ3) is 24.0. The van der Waals surface area contributed by atoms with Crippen LogP contribution in [0.5, 0.6) is 0 Å². The molecule has 12 rings (SSSR count). The third-order valence-electron chi connectivity index (χ3n) is 20.4. The molecule has 8 amide bonds. The standard InChI is InChI=1S/C23H24F5N3O4S.C22H22F5N3O2.C21H22F3N5O2.C20H20F3N5O3/c1-13-10-15(5-7-17(13)24)29-20(32)14-4-6-18(25)16(11-14)23(27,28)21(33)31-9-8-19(22(2,26)12-31)30-36(3,34)35;1-12-9-14(4-6-16(12)23)29-19(31)13-3-5-17(24)15(10-13)22(26,27)20(32)30-8-7-18(28)21(2,25)11-30;1-20(2,3)28-19(31)21(23,24)18-27-16(15-7-5-6-10-29(15)18)17(30)26-12-8-9-13(22)14(11-12)25-4;1-19(2,3)27-18(30)20(22,23)17-26-15(14-10-31-8-7-28(14)17)16(29)25-11-5-6-12(21)13(9-11)24-4/h4-7,10-11,19,30H,8-9,12H2,1-3H3,(H,29,32);3-6,9-10,18H,7-8,11,28H2,1-2H3,(H,29,31);8-9,11H,5-7,10H2,1-3H3,(H,26,30)(H,28,31);5-6,9H,7-8,10H2,1-3H3,(H,25,29)(H,27,30). The number of hydrogen-bond acceptors (Lipinski definition) is 14. The molecule has 2 aromatic heterocycles. The number of nitrogens with two attached hydrogens (primary N) is 1. The van der Waals surface area contributed by atoms with Gasteiger partial charge in [0.15, 0.2) is 17.3 Å². The highest BCUT2D eigenvalue weighted by Gasteiger charge is 2.54. The van der Waals surface area contributed by atoms with Crippen LogP contribution in [0.3, 0.4) is 0 Å². The first-order chi connectivity index (χ1) is 60.2. The Kier molecular flexibility index (Phi) is 30.5. The number of hydrogen-bond donors (Lipinski definition) is 8. The molecule has 2 fully saturated rings. The number of carbonyl (C=O) groups excluding carboxylic acids is 8. The zero-order valence-corrected chi connectivity index (χ0v) is 72.2. The Labute approximate surface area is 734 Å². The fourth-order valence-corrected chi connectivity index (χ4v) is 14.6.